The molecule has 2 N–H and O–H groups in total. The Kier molecular flexibility index (Phi) is 1.41. The Hall–Kier alpha value is -0.260. The zero-order chi connectivity index (χ0) is 6.15. The summed E-state index contributed by atoms with van der Waals surface area (Å²) in [7, 11) is 1.88. The fourth-order valence-electron chi connectivity index (χ4n) is 0.402. The zero-order valence-corrected chi connectivity index (χ0v) is 6.58. The number of nitrogen functional groups attached to an aromatic ring is 1. The minimum atomic E-state index is 0.564. The number of hydrogen-bond donors (Lipinski definition) is 1. The van der Waals surface area contributed by atoms with Crippen LogP contribution in [0.4, 0.5) is 5.95 Å². The van der Waals surface area contributed by atoms with Crippen molar-refractivity contribution in [2.24, 2.45) is 7.05 Å². The predicted molar refractivity (Wildman–Crippen MR) is 40.3 cm³/mol. The number of imidazole rings is 1. The summed E-state index contributed by atoms with van der Waals surface area (Å²) in [6.07, 6.45) is 1.73. The van der Waals surface area contributed by atoms with Crippen molar-refractivity contribution in [3.8, 4) is 0 Å². The molecule has 0 amide bonds. The Balaban J connectivity index is 3.19. The zero-order valence-electron chi connectivity index (χ0n) is 4.43. The van der Waals surface area contributed by atoms with E-state index in [0.717, 1.165) is 3.70 Å². The summed E-state index contributed by atoms with van der Waals surface area (Å²) in [4.78, 5) is 3.85. The van der Waals surface area contributed by atoms with Gasteiger partial charge in [-0.3, -0.25) is 0 Å². The van der Waals surface area contributed by atoms with Crippen molar-refractivity contribution >= 4 is 28.5 Å². The Labute approximate surface area is 61.0 Å². The third kappa shape index (κ3) is 0.795. The van der Waals surface area contributed by atoms with E-state index < -0.39 is 0 Å². The lowest BCUT2D eigenvalue weighted by Crippen LogP contribution is -1.97. The molecule has 0 fully saturated rings. The van der Waals surface area contributed by atoms with Crippen molar-refractivity contribution in [2.45, 2.75) is 0 Å². The maximum absolute atomic E-state index is 5.39. The van der Waals surface area contributed by atoms with Crippen LogP contribution in [-0.4, -0.2) is 9.55 Å². The molecule has 0 unspecified atom stereocenters. The minimum absolute atomic E-state index is 0.564. The largest absolute Gasteiger partial charge is 0.369 e. The number of anilines is 1. The molecule has 1 aromatic heterocycles. The van der Waals surface area contributed by atoms with E-state index in [2.05, 4.69) is 27.6 Å². The van der Waals surface area contributed by atoms with Gasteiger partial charge in [0, 0.05) is 7.05 Å². The molecule has 0 saturated heterocycles. The van der Waals surface area contributed by atoms with Crippen molar-refractivity contribution in [1.29, 1.82) is 0 Å². The Bertz CT molecular complexity index is 174. The number of nitrogens with two attached hydrogens (primary N) is 1. The molecule has 1 rings (SSSR count). The number of aromatic nitrogens is 2. The van der Waals surface area contributed by atoms with Gasteiger partial charge in [-0.1, -0.05) is 0 Å². The lowest BCUT2D eigenvalue weighted by molar-refractivity contribution is 0.904. The topological polar surface area (TPSA) is 43.8 Å². The van der Waals surface area contributed by atoms with Crippen molar-refractivity contribution in [3.05, 3.63) is 9.90 Å². The van der Waals surface area contributed by atoms with Crippen LogP contribution in [0.1, 0.15) is 0 Å². The van der Waals surface area contributed by atoms with Crippen LogP contribution in [0.15, 0.2) is 6.20 Å². The molecule has 1 heterocycles. The first kappa shape index (κ1) is 5.87. The van der Waals surface area contributed by atoms with E-state index in [1.54, 1.807) is 6.20 Å². The molecule has 0 radical (unpaired) electrons. The van der Waals surface area contributed by atoms with E-state index in [1.165, 1.54) is 0 Å². The fraction of sp³-hybridized carbons (Fsp3) is 0.250. The van der Waals surface area contributed by atoms with Gasteiger partial charge in [-0.25, -0.2) is 4.98 Å². The predicted octanol–water partition coefficient (Wildman–Crippen LogP) is 0.607. The molecule has 0 atom stereocenters. The van der Waals surface area contributed by atoms with Crippen LogP contribution < -0.4 is 5.73 Å². The lowest BCUT2D eigenvalue weighted by Gasteiger charge is -1.92. The fourth-order valence-corrected chi connectivity index (χ4v) is 0.788. The SMILES string of the molecule is Cn1c(I)cnc1N. The van der Waals surface area contributed by atoms with Gasteiger partial charge in [-0.05, 0) is 22.6 Å². The molecule has 0 bridgehead atoms. The summed E-state index contributed by atoms with van der Waals surface area (Å²) in [6, 6.07) is 0. The molecule has 0 saturated carbocycles. The maximum atomic E-state index is 5.39. The van der Waals surface area contributed by atoms with Gasteiger partial charge in [0.15, 0.2) is 0 Å². The van der Waals surface area contributed by atoms with Crippen LogP contribution in [0.25, 0.3) is 0 Å². The molecule has 44 valence electrons. The quantitative estimate of drug-likeness (QED) is 0.654. The lowest BCUT2D eigenvalue weighted by atomic mass is 10.9. The van der Waals surface area contributed by atoms with E-state index in [-0.39, 0.29) is 0 Å². The van der Waals surface area contributed by atoms with Gasteiger partial charge < -0.3 is 10.3 Å². The molecular formula is C4H6IN3. The van der Waals surface area contributed by atoms with Crippen LogP contribution in [0.2, 0.25) is 0 Å². The standard InChI is InChI=1S/C4H6IN3/c1-8-3(5)2-7-4(8)6/h2H,1H3,(H2,6,7). The maximum Gasteiger partial charge on any atom is 0.200 e. The molecule has 0 aliphatic heterocycles. The first-order valence-electron chi connectivity index (χ1n) is 2.14. The third-order valence-corrected chi connectivity index (χ3v) is 1.97. The summed E-state index contributed by atoms with van der Waals surface area (Å²) in [5.74, 6) is 0.564. The van der Waals surface area contributed by atoms with Crippen molar-refractivity contribution in [1.82, 2.24) is 9.55 Å². The summed E-state index contributed by atoms with van der Waals surface area (Å²) >= 11 is 2.17. The average Bonchev–Trinajstić information content (AvgIpc) is 1.98. The van der Waals surface area contributed by atoms with Crippen LogP contribution in [0.3, 0.4) is 0 Å². The Morgan fingerprint density at radius 2 is 2.50 bits per heavy atom. The first-order valence-corrected chi connectivity index (χ1v) is 3.22. The minimum Gasteiger partial charge on any atom is -0.369 e. The number of nitrogens with zero attached hydrogens (tertiary/aromatic N) is 2. The highest BCUT2D eigenvalue weighted by molar-refractivity contribution is 14.1. The second-order valence-electron chi connectivity index (χ2n) is 1.50. The number of halogens is 1. The van der Waals surface area contributed by atoms with Gasteiger partial charge >= 0.3 is 0 Å². The van der Waals surface area contributed by atoms with Gasteiger partial charge in [0.1, 0.15) is 3.70 Å². The molecule has 0 aromatic carbocycles. The second kappa shape index (κ2) is 1.93. The van der Waals surface area contributed by atoms with Gasteiger partial charge in [-0.15, -0.1) is 0 Å². The van der Waals surface area contributed by atoms with Gasteiger partial charge in [0.25, 0.3) is 0 Å². The highest BCUT2D eigenvalue weighted by Gasteiger charge is 1.95. The monoisotopic (exact) mass is 223 g/mol. The van der Waals surface area contributed by atoms with E-state index in [1.807, 2.05) is 11.6 Å². The van der Waals surface area contributed by atoms with E-state index >= 15 is 0 Å². The molecular weight excluding hydrogens is 217 g/mol. The average molecular weight is 223 g/mol. The molecule has 4 heteroatoms. The Morgan fingerprint density at radius 3 is 2.62 bits per heavy atom. The first-order chi connectivity index (χ1) is 3.72. The molecule has 0 aliphatic carbocycles. The van der Waals surface area contributed by atoms with E-state index in [9.17, 15) is 0 Å². The van der Waals surface area contributed by atoms with E-state index in [4.69, 9.17) is 5.73 Å². The molecule has 0 spiro atoms. The summed E-state index contributed by atoms with van der Waals surface area (Å²) < 4.78 is 2.88. The molecule has 8 heavy (non-hydrogen) atoms. The van der Waals surface area contributed by atoms with Crippen molar-refractivity contribution in [2.75, 3.05) is 5.73 Å². The Morgan fingerprint density at radius 1 is 1.88 bits per heavy atom. The number of rotatable bonds is 0. The van der Waals surface area contributed by atoms with Gasteiger partial charge in [-0.2, -0.15) is 0 Å². The highest BCUT2D eigenvalue weighted by atomic mass is 127. The van der Waals surface area contributed by atoms with E-state index in [0.29, 0.717) is 5.95 Å². The van der Waals surface area contributed by atoms with Gasteiger partial charge in [0.05, 0.1) is 6.20 Å². The molecule has 3 nitrogen and oxygen atoms in total. The summed E-state index contributed by atoms with van der Waals surface area (Å²) in [6.45, 7) is 0. The van der Waals surface area contributed by atoms with Crippen LogP contribution in [0.5, 0.6) is 0 Å². The smallest absolute Gasteiger partial charge is 0.200 e. The van der Waals surface area contributed by atoms with Crippen LogP contribution >= 0.6 is 22.6 Å². The highest BCUT2D eigenvalue weighted by Crippen LogP contribution is 2.05. The summed E-state index contributed by atoms with van der Waals surface area (Å²) in [5, 5.41) is 0. The van der Waals surface area contributed by atoms with Crippen LogP contribution in [0, 0.1) is 3.70 Å². The second-order valence-corrected chi connectivity index (χ2v) is 2.60. The summed E-state index contributed by atoms with van der Waals surface area (Å²) in [5.41, 5.74) is 5.39. The van der Waals surface area contributed by atoms with Crippen molar-refractivity contribution < 1.29 is 0 Å². The van der Waals surface area contributed by atoms with Crippen molar-refractivity contribution in [3.63, 3.8) is 0 Å². The van der Waals surface area contributed by atoms with Gasteiger partial charge in [0.2, 0.25) is 5.95 Å². The van der Waals surface area contributed by atoms with Crippen LogP contribution in [-0.2, 0) is 7.05 Å². The molecule has 0 aliphatic rings. The normalized spacial score (nSPS) is 9.75. The number of hydrogen-bond acceptors (Lipinski definition) is 2. The molecule has 1 aromatic rings. The third-order valence-electron chi connectivity index (χ3n) is 0.967.